The average molecular weight is 403 g/mol. The first kappa shape index (κ1) is 17.5. The lowest BCUT2D eigenvalue weighted by Gasteiger charge is -2.24. The van der Waals surface area contributed by atoms with Gasteiger partial charge in [0.2, 0.25) is 5.91 Å². The fourth-order valence-electron chi connectivity index (χ4n) is 3.05. The van der Waals surface area contributed by atoms with E-state index in [1.807, 2.05) is 42.5 Å². The van der Waals surface area contributed by atoms with Gasteiger partial charge in [-0.05, 0) is 29.8 Å². The van der Waals surface area contributed by atoms with Crippen molar-refractivity contribution in [3.8, 4) is 11.5 Å². The molecule has 0 unspecified atom stereocenters. The Morgan fingerprint density at radius 1 is 1.12 bits per heavy atom. The maximum absolute atomic E-state index is 12.2. The summed E-state index contributed by atoms with van der Waals surface area (Å²) in [6.45, 7) is 1.52. The number of rotatable bonds is 4. The second kappa shape index (κ2) is 7.27. The Morgan fingerprint density at radius 2 is 1.72 bits per heavy atom. The molecule has 1 atom stereocenters. The van der Waals surface area contributed by atoms with Crippen molar-refractivity contribution in [2.75, 3.05) is 14.2 Å². The molecule has 0 bridgehead atoms. The van der Waals surface area contributed by atoms with Crippen LogP contribution in [0.2, 0.25) is 0 Å². The molecule has 1 amide bonds. The summed E-state index contributed by atoms with van der Waals surface area (Å²) in [6.07, 6.45) is 0.595. The SMILES string of the molecule is COc1cccc(OC)c1[C@H]1CC(c2ccc(Br)cc2)=NN1C(C)=O. The van der Waals surface area contributed by atoms with Gasteiger partial charge in [0.25, 0.3) is 0 Å². The Bertz CT molecular complexity index is 796. The van der Waals surface area contributed by atoms with Crippen LogP contribution in [0.3, 0.4) is 0 Å². The molecule has 3 rings (SSSR count). The number of methoxy groups -OCH3 is 2. The fourth-order valence-corrected chi connectivity index (χ4v) is 3.31. The third-order valence-electron chi connectivity index (χ3n) is 4.21. The lowest BCUT2D eigenvalue weighted by molar-refractivity contribution is -0.130. The molecule has 0 fully saturated rings. The van der Waals surface area contributed by atoms with Gasteiger partial charge in [0.1, 0.15) is 11.5 Å². The number of hydrogen-bond acceptors (Lipinski definition) is 4. The van der Waals surface area contributed by atoms with Crippen molar-refractivity contribution >= 4 is 27.5 Å². The van der Waals surface area contributed by atoms with E-state index in [-0.39, 0.29) is 11.9 Å². The van der Waals surface area contributed by atoms with E-state index in [1.165, 1.54) is 11.9 Å². The summed E-state index contributed by atoms with van der Waals surface area (Å²) in [5.74, 6) is 1.25. The van der Waals surface area contributed by atoms with Crippen LogP contribution in [0.15, 0.2) is 52.0 Å². The second-order valence-electron chi connectivity index (χ2n) is 5.71. The van der Waals surface area contributed by atoms with Crippen molar-refractivity contribution in [2.24, 2.45) is 5.10 Å². The summed E-state index contributed by atoms with van der Waals surface area (Å²) in [7, 11) is 3.23. The molecule has 25 heavy (non-hydrogen) atoms. The first-order chi connectivity index (χ1) is 12.0. The Balaban J connectivity index is 2.04. The Morgan fingerprint density at radius 3 is 2.24 bits per heavy atom. The Hall–Kier alpha value is -2.34. The molecule has 2 aromatic rings. The van der Waals surface area contributed by atoms with Crippen LogP contribution in [0.5, 0.6) is 11.5 Å². The molecule has 0 spiro atoms. The second-order valence-corrected chi connectivity index (χ2v) is 6.63. The normalized spacial score (nSPS) is 16.6. The number of benzene rings is 2. The summed E-state index contributed by atoms with van der Waals surface area (Å²) >= 11 is 3.44. The summed E-state index contributed by atoms with van der Waals surface area (Å²) in [5.41, 5.74) is 2.69. The van der Waals surface area contributed by atoms with E-state index in [1.54, 1.807) is 14.2 Å². The van der Waals surface area contributed by atoms with Crippen LogP contribution < -0.4 is 9.47 Å². The molecule has 1 aliphatic rings. The summed E-state index contributed by atoms with van der Waals surface area (Å²) in [6, 6.07) is 13.3. The van der Waals surface area contributed by atoms with Crippen LogP contribution in [0.25, 0.3) is 0 Å². The minimum absolute atomic E-state index is 0.120. The number of amides is 1. The molecule has 0 saturated heterocycles. The van der Waals surface area contributed by atoms with E-state index in [9.17, 15) is 4.79 Å². The molecule has 6 heteroatoms. The monoisotopic (exact) mass is 402 g/mol. The number of nitrogens with zero attached hydrogens (tertiary/aromatic N) is 2. The van der Waals surface area contributed by atoms with Crippen LogP contribution in [0.1, 0.15) is 30.5 Å². The highest BCUT2D eigenvalue weighted by Gasteiger charge is 2.35. The molecule has 0 aliphatic carbocycles. The quantitative estimate of drug-likeness (QED) is 0.770. The number of halogens is 1. The first-order valence-corrected chi connectivity index (χ1v) is 8.68. The maximum atomic E-state index is 12.2. The minimum atomic E-state index is -0.262. The molecule has 5 nitrogen and oxygen atoms in total. The van der Waals surface area contributed by atoms with E-state index >= 15 is 0 Å². The van der Waals surface area contributed by atoms with Gasteiger partial charge in [-0.1, -0.05) is 34.1 Å². The van der Waals surface area contributed by atoms with Gasteiger partial charge >= 0.3 is 0 Å². The lowest BCUT2D eigenvalue weighted by Crippen LogP contribution is -2.25. The number of ether oxygens (including phenoxy) is 2. The van der Waals surface area contributed by atoms with E-state index < -0.39 is 0 Å². The van der Waals surface area contributed by atoms with E-state index in [0.717, 1.165) is 21.3 Å². The molecule has 0 aromatic heterocycles. The summed E-state index contributed by atoms with van der Waals surface area (Å²) in [5, 5.41) is 6.08. The maximum Gasteiger partial charge on any atom is 0.240 e. The molecule has 1 aliphatic heterocycles. The number of carbonyl (C=O) groups excluding carboxylic acids is 1. The number of hydrogen-bond donors (Lipinski definition) is 0. The summed E-state index contributed by atoms with van der Waals surface area (Å²) < 4.78 is 12.0. The third-order valence-corrected chi connectivity index (χ3v) is 4.74. The minimum Gasteiger partial charge on any atom is -0.496 e. The van der Waals surface area contributed by atoms with Crippen molar-refractivity contribution in [3.63, 3.8) is 0 Å². The standard InChI is InChI=1S/C19H19BrN2O3/c1-12(23)22-16(19-17(24-2)5-4-6-18(19)25-3)11-15(21-22)13-7-9-14(20)10-8-13/h4-10,16H,11H2,1-3H3/t16-/m1/s1. The molecule has 0 saturated carbocycles. The smallest absolute Gasteiger partial charge is 0.240 e. The Kier molecular flexibility index (Phi) is 5.08. The summed E-state index contributed by atoms with van der Waals surface area (Å²) in [4.78, 5) is 12.2. The van der Waals surface area contributed by atoms with Crippen molar-refractivity contribution < 1.29 is 14.3 Å². The van der Waals surface area contributed by atoms with E-state index in [0.29, 0.717) is 17.9 Å². The molecule has 0 radical (unpaired) electrons. The van der Waals surface area contributed by atoms with Crippen LogP contribution in [-0.4, -0.2) is 30.8 Å². The van der Waals surface area contributed by atoms with Gasteiger partial charge in [-0.3, -0.25) is 4.79 Å². The molecular weight excluding hydrogens is 384 g/mol. The van der Waals surface area contributed by atoms with Crippen LogP contribution in [0, 0.1) is 0 Å². The van der Waals surface area contributed by atoms with Gasteiger partial charge in [-0.15, -0.1) is 0 Å². The largest absolute Gasteiger partial charge is 0.496 e. The van der Waals surface area contributed by atoms with E-state index in [2.05, 4.69) is 21.0 Å². The Labute approximate surface area is 155 Å². The zero-order valence-corrected chi connectivity index (χ0v) is 15.9. The lowest BCUT2D eigenvalue weighted by atomic mass is 9.97. The van der Waals surface area contributed by atoms with Gasteiger partial charge in [-0.2, -0.15) is 5.10 Å². The van der Waals surface area contributed by atoms with Crippen LogP contribution in [0.4, 0.5) is 0 Å². The molecule has 0 N–H and O–H groups in total. The molecule has 1 heterocycles. The third kappa shape index (κ3) is 3.39. The van der Waals surface area contributed by atoms with Crippen molar-refractivity contribution in [1.29, 1.82) is 0 Å². The molecule has 2 aromatic carbocycles. The van der Waals surface area contributed by atoms with Crippen molar-refractivity contribution in [1.82, 2.24) is 5.01 Å². The van der Waals surface area contributed by atoms with Gasteiger partial charge in [-0.25, -0.2) is 5.01 Å². The fraction of sp³-hybridized carbons (Fsp3) is 0.263. The van der Waals surface area contributed by atoms with Crippen LogP contribution in [-0.2, 0) is 4.79 Å². The average Bonchev–Trinajstić information content (AvgIpc) is 3.06. The number of hydrazone groups is 1. The topological polar surface area (TPSA) is 51.1 Å². The highest BCUT2D eigenvalue weighted by molar-refractivity contribution is 9.10. The van der Waals surface area contributed by atoms with Gasteiger partial charge < -0.3 is 9.47 Å². The van der Waals surface area contributed by atoms with Gasteiger partial charge in [0.15, 0.2) is 0 Å². The van der Waals surface area contributed by atoms with E-state index in [4.69, 9.17) is 9.47 Å². The predicted octanol–water partition coefficient (Wildman–Crippen LogP) is 4.16. The first-order valence-electron chi connectivity index (χ1n) is 7.89. The number of carbonyl (C=O) groups is 1. The highest BCUT2D eigenvalue weighted by atomic mass is 79.9. The van der Waals surface area contributed by atoms with Gasteiger partial charge in [0, 0.05) is 17.8 Å². The molecular formula is C19H19BrN2O3. The predicted molar refractivity (Wildman–Crippen MR) is 100 cm³/mol. The van der Waals surface area contributed by atoms with Gasteiger partial charge in [0.05, 0.1) is 31.5 Å². The molecule has 130 valence electrons. The zero-order chi connectivity index (χ0) is 18.0. The highest BCUT2D eigenvalue weighted by Crippen LogP contribution is 2.42. The van der Waals surface area contributed by atoms with Crippen LogP contribution >= 0.6 is 15.9 Å². The zero-order valence-electron chi connectivity index (χ0n) is 14.3. The van der Waals surface area contributed by atoms with Crippen molar-refractivity contribution in [2.45, 2.75) is 19.4 Å². The van der Waals surface area contributed by atoms with Crippen molar-refractivity contribution in [3.05, 3.63) is 58.1 Å².